The van der Waals surface area contributed by atoms with Crippen LogP contribution in [0.25, 0.3) is 16.5 Å². The molecule has 4 heteroatoms. The molecule has 4 aromatic rings. The number of carbonyl (C=O) groups is 3. The van der Waals surface area contributed by atoms with Gasteiger partial charge in [-0.15, -0.1) is 0 Å². The topological polar surface area (TPSA) is 67.0 Å². The van der Waals surface area contributed by atoms with Crippen molar-refractivity contribution >= 4 is 33.8 Å². The van der Waals surface area contributed by atoms with Crippen LogP contribution in [0.1, 0.15) is 58.5 Å². The van der Waals surface area contributed by atoms with Gasteiger partial charge in [0.2, 0.25) is 0 Å². The molecule has 1 aliphatic carbocycles. The molecular weight excluding hydrogens is 422 g/mol. The molecule has 0 spiro atoms. The van der Waals surface area contributed by atoms with E-state index in [4.69, 9.17) is 0 Å². The molecular formula is C30H25NO3. The predicted molar refractivity (Wildman–Crippen MR) is 134 cm³/mol. The van der Waals surface area contributed by atoms with Gasteiger partial charge in [0.15, 0.2) is 17.3 Å². The van der Waals surface area contributed by atoms with Crippen LogP contribution in [0.15, 0.2) is 90.6 Å². The summed E-state index contributed by atoms with van der Waals surface area (Å²) in [6.07, 6.45) is 2.24. The Morgan fingerprint density at radius 2 is 1.29 bits per heavy atom. The zero-order chi connectivity index (χ0) is 23.9. The van der Waals surface area contributed by atoms with Crippen molar-refractivity contribution in [3.05, 3.63) is 113 Å². The lowest BCUT2D eigenvalue weighted by molar-refractivity contribution is -0.122. The molecule has 3 aromatic carbocycles. The van der Waals surface area contributed by atoms with Gasteiger partial charge in [-0.05, 0) is 30.0 Å². The molecule has 34 heavy (non-hydrogen) atoms. The minimum atomic E-state index is -1.32. The summed E-state index contributed by atoms with van der Waals surface area (Å²) < 4.78 is 0. The van der Waals surface area contributed by atoms with Crippen LogP contribution in [-0.4, -0.2) is 22.3 Å². The highest BCUT2D eigenvalue weighted by Crippen LogP contribution is 2.43. The van der Waals surface area contributed by atoms with Crippen LogP contribution in [0.2, 0.25) is 0 Å². The fourth-order valence-corrected chi connectivity index (χ4v) is 5.18. The van der Waals surface area contributed by atoms with Gasteiger partial charge in [-0.3, -0.25) is 14.4 Å². The van der Waals surface area contributed by atoms with Crippen molar-refractivity contribution in [2.45, 2.75) is 26.7 Å². The number of ketones is 3. The maximum Gasteiger partial charge on any atom is 0.199 e. The molecule has 1 aromatic heterocycles. The molecule has 0 amide bonds. The summed E-state index contributed by atoms with van der Waals surface area (Å²) in [6.45, 7) is 3.71. The average molecular weight is 448 g/mol. The SMILES string of the molecule is CCC1(CC)C(=O)C(=C(c2ccccc2)c2ccccc2)C(=O)c2c[nH]c3cccc(c23)C1=O. The number of aromatic amines is 1. The van der Waals surface area contributed by atoms with E-state index in [1.54, 1.807) is 18.3 Å². The van der Waals surface area contributed by atoms with E-state index in [0.717, 1.165) is 11.1 Å². The molecule has 4 nitrogen and oxygen atoms in total. The number of H-pyrrole nitrogens is 1. The Bertz CT molecular complexity index is 1410. The van der Waals surface area contributed by atoms with Crippen molar-refractivity contribution in [1.29, 1.82) is 0 Å². The maximum absolute atomic E-state index is 14.4. The standard InChI is InChI=1S/C30H25NO3/c1-3-30(4-2)28(33)21-16-11-17-23-25(21)22(18-31-23)27(32)26(29(30)34)24(19-12-7-5-8-13-19)20-14-9-6-10-15-20/h5-18,31H,3-4H2,1-2H3. The third-order valence-corrected chi connectivity index (χ3v) is 7.10. The molecule has 1 heterocycles. The van der Waals surface area contributed by atoms with Crippen LogP contribution in [0.5, 0.6) is 0 Å². The highest BCUT2D eigenvalue weighted by molar-refractivity contribution is 6.41. The number of allylic oxidation sites excluding steroid dienone is 1. The maximum atomic E-state index is 14.4. The lowest BCUT2D eigenvalue weighted by Crippen LogP contribution is -2.42. The zero-order valence-corrected chi connectivity index (χ0v) is 19.2. The quantitative estimate of drug-likeness (QED) is 0.223. The first-order valence-corrected chi connectivity index (χ1v) is 11.6. The Morgan fingerprint density at radius 1 is 0.706 bits per heavy atom. The first-order valence-electron chi connectivity index (χ1n) is 11.6. The van der Waals surface area contributed by atoms with Gasteiger partial charge in [0, 0.05) is 33.8 Å². The van der Waals surface area contributed by atoms with Crippen molar-refractivity contribution in [1.82, 2.24) is 4.98 Å². The number of rotatable bonds is 4. The Balaban J connectivity index is 1.96. The molecule has 0 saturated heterocycles. The van der Waals surface area contributed by atoms with Gasteiger partial charge in [0.1, 0.15) is 0 Å². The smallest absolute Gasteiger partial charge is 0.199 e. The van der Waals surface area contributed by atoms with E-state index in [2.05, 4.69) is 4.98 Å². The second-order valence-electron chi connectivity index (χ2n) is 8.69. The van der Waals surface area contributed by atoms with E-state index in [1.165, 1.54) is 0 Å². The predicted octanol–water partition coefficient (Wildman–Crippen LogP) is 6.42. The summed E-state index contributed by atoms with van der Waals surface area (Å²) in [5.41, 5.74) is 2.34. The summed E-state index contributed by atoms with van der Waals surface area (Å²) in [5, 5.41) is 0.592. The van der Waals surface area contributed by atoms with E-state index >= 15 is 0 Å². The average Bonchev–Trinajstić information content (AvgIpc) is 3.32. The number of carbonyl (C=O) groups excluding carboxylic acids is 3. The second kappa shape index (κ2) is 8.38. The highest BCUT2D eigenvalue weighted by atomic mass is 16.2. The number of hydrogen-bond donors (Lipinski definition) is 1. The van der Waals surface area contributed by atoms with Crippen LogP contribution >= 0.6 is 0 Å². The van der Waals surface area contributed by atoms with E-state index < -0.39 is 11.2 Å². The zero-order valence-electron chi connectivity index (χ0n) is 19.2. The number of Topliss-reactive ketones (excluding diaryl/α,β-unsaturated/α-hetero) is 3. The van der Waals surface area contributed by atoms with Gasteiger partial charge < -0.3 is 4.98 Å². The molecule has 168 valence electrons. The van der Waals surface area contributed by atoms with E-state index in [0.29, 0.717) is 40.4 Å². The van der Waals surface area contributed by atoms with Gasteiger partial charge in [0.05, 0.1) is 11.0 Å². The van der Waals surface area contributed by atoms with E-state index in [1.807, 2.05) is 80.6 Å². The number of nitrogens with one attached hydrogen (secondary N) is 1. The summed E-state index contributed by atoms with van der Waals surface area (Å²) in [4.78, 5) is 45.9. The van der Waals surface area contributed by atoms with Crippen LogP contribution in [0.3, 0.4) is 0 Å². The van der Waals surface area contributed by atoms with Crippen molar-refractivity contribution in [2.24, 2.45) is 5.41 Å². The molecule has 1 N–H and O–H groups in total. The molecule has 0 radical (unpaired) electrons. The minimum Gasteiger partial charge on any atom is -0.360 e. The van der Waals surface area contributed by atoms with Gasteiger partial charge in [0.25, 0.3) is 0 Å². The molecule has 5 rings (SSSR count). The second-order valence-corrected chi connectivity index (χ2v) is 8.69. The normalized spacial score (nSPS) is 15.4. The lowest BCUT2D eigenvalue weighted by atomic mass is 9.66. The first kappa shape index (κ1) is 21.8. The largest absolute Gasteiger partial charge is 0.360 e. The Labute approximate surface area is 198 Å². The molecule has 0 saturated carbocycles. The monoisotopic (exact) mass is 447 g/mol. The summed E-state index contributed by atoms with van der Waals surface area (Å²) in [7, 11) is 0. The highest BCUT2D eigenvalue weighted by Gasteiger charge is 2.49. The van der Waals surface area contributed by atoms with E-state index in [-0.39, 0.29) is 17.1 Å². The van der Waals surface area contributed by atoms with Crippen LogP contribution in [0, 0.1) is 5.41 Å². The number of aromatic nitrogens is 1. The van der Waals surface area contributed by atoms with Crippen LogP contribution in [0.4, 0.5) is 0 Å². The van der Waals surface area contributed by atoms with Gasteiger partial charge in [-0.1, -0.05) is 86.6 Å². The Kier molecular flexibility index (Phi) is 5.37. The molecule has 0 unspecified atom stereocenters. The Hall–Kier alpha value is -4.05. The van der Waals surface area contributed by atoms with Crippen molar-refractivity contribution in [2.75, 3.05) is 0 Å². The van der Waals surface area contributed by atoms with Crippen molar-refractivity contribution < 1.29 is 14.4 Å². The van der Waals surface area contributed by atoms with Crippen LogP contribution in [-0.2, 0) is 4.79 Å². The van der Waals surface area contributed by atoms with Crippen molar-refractivity contribution in [3.8, 4) is 0 Å². The summed E-state index contributed by atoms with van der Waals surface area (Å²) in [5.74, 6) is -0.983. The van der Waals surface area contributed by atoms with Crippen molar-refractivity contribution in [3.63, 3.8) is 0 Å². The fraction of sp³-hybridized carbons (Fsp3) is 0.167. The third-order valence-electron chi connectivity index (χ3n) is 7.10. The lowest BCUT2D eigenvalue weighted by Gasteiger charge is -2.32. The third kappa shape index (κ3) is 3.10. The fourth-order valence-electron chi connectivity index (χ4n) is 5.18. The number of hydrogen-bond acceptors (Lipinski definition) is 3. The summed E-state index contributed by atoms with van der Waals surface area (Å²) >= 11 is 0. The number of benzene rings is 3. The molecule has 0 fully saturated rings. The van der Waals surface area contributed by atoms with E-state index in [9.17, 15) is 14.4 Å². The first-order chi connectivity index (χ1) is 16.5. The van der Waals surface area contributed by atoms with Gasteiger partial charge in [-0.25, -0.2) is 0 Å². The van der Waals surface area contributed by atoms with Gasteiger partial charge >= 0.3 is 0 Å². The molecule has 0 atom stereocenters. The molecule has 0 bridgehead atoms. The Morgan fingerprint density at radius 3 is 1.85 bits per heavy atom. The van der Waals surface area contributed by atoms with Crippen LogP contribution < -0.4 is 0 Å². The minimum absolute atomic E-state index is 0.0739. The molecule has 1 aliphatic rings. The van der Waals surface area contributed by atoms with Gasteiger partial charge in [-0.2, -0.15) is 0 Å². The summed E-state index contributed by atoms with van der Waals surface area (Å²) in [6, 6.07) is 24.3. The molecule has 0 aliphatic heterocycles.